The Bertz CT molecular complexity index is 582. The van der Waals surface area contributed by atoms with Crippen LogP contribution in [-0.4, -0.2) is 7.11 Å². The molecule has 0 fully saturated rings. The summed E-state index contributed by atoms with van der Waals surface area (Å²) in [6, 6.07) is 10.9. The number of hydrogen-bond donors (Lipinski definition) is 1. The van der Waals surface area contributed by atoms with Gasteiger partial charge in [-0.05, 0) is 18.2 Å². The van der Waals surface area contributed by atoms with Crippen LogP contribution < -0.4 is 15.2 Å². The van der Waals surface area contributed by atoms with E-state index < -0.39 is 0 Å². The molecule has 0 radical (unpaired) electrons. The predicted octanol–water partition coefficient (Wildman–Crippen LogP) is 4.04. The predicted molar refractivity (Wildman–Crippen MR) is 81.7 cm³/mol. The summed E-state index contributed by atoms with van der Waals surface area (Å²) in [4.78, 5) is 0. The molecule has 106 valence electrons. The summed E-state index contributed by atoms with van der Waals surface area (Å²) in [6.45, 7) is 0.661. The second-order valence-electron chi connectivity index (χ2n) is 4.17. The molecule has 0 heterocycles. The molecule has 0 saturated carbocycles. The van der Waals surface area contributed by atoms with E-state index in [4.69, 9.17) is 38.4 Å². The molecule has 2 rings (SSSR count). The van der Waals surface area contributed by atoms with Gasteiger partial charge in [-0.25, -0.2) is 0 Å². The van der Waals surface area contributed by atoms with Gasteiger partial charge < -0.3 is 15.2 Å². The largest absolute Gasteiger partial charge is 0.497 e. The summed E-state index contributed by atoms with van der Waals surface area (Å²) in [7, 11) is 1.60. The van der Waals surface area contributed by atoms with Crippen molar-refractivity contribution in [3.05, 3.63) is 57.6 Å². The van der Waals surface area contributed by atoms with E-state index in [1.54, 1.807) is 31.4 Å². The molecule has 0 aliphatic carbocycles. The highest BCUT2D eigenvalue weighted by Gasteiger charge is 2.09. The summed E-state index contributed by atoms with van der Waals surface area (Å²) in [5.74, 6) is 1.38. The number of ether oxygens (including phenoxy) is 2. The maximum atomic E-state index is 6.11. The molecule has 0 aromatic heterocycles. The average Bonchev–Trinajstić information content (AvgIpc) is 2.46. The Morgan fingerprint density at radius 2 is 1.80 bits per heavy atom. The van der Waals surface area contributed by atoms with Gasteiger partial charge in [0.2, 0.25) is 0 Å². The monoisotopic (exact) mass is 311 g/mol. The van der Waals surface area contributed by atoms with Crippen LogP contribution in [-0.2, 0) is 13.2 Å². The molecule has 20 heavy (non-hydrogen) atoms. The van der Waals surface area contributed by atoms with E-state index in [2.05, 4.69) is 0 Å². The first-order valence-electron chi connectivity index (χ1n) is 6.08. The van der Waals surface area contributed by atoms with Crippen LogP contribution in [0.25, 0.3) is 0 Å². The minimum absolute atomic E-state index is 0.276. The molecule has 2 N–H and O–H groups in total. The highest BCUT2D eigenvalue weighted by atomic mass is 35.5. The number of benzene rings is 2. The van der Waals surface area contributed by atoms with Crippen molar-refractivity contribution in [2.24, 2.45) is 5.73 Å². The molecule has 2 aromatic carbocycles. The zero-order valence-corrected chi connectivity index (χ0v) is 12.5. The third-order valence-corrected chi connectivity index (χ3v) is 3.64. The van der Waals surface area contributed by atoms with Crippen molar-refractivity contribution in [2.45, 2.75) is 13.2 Å². The van der Waals surface area contributed by atoms with Crippen molar-refractivity contribution in [3.8, 4) is 11.5 Å². The van der Waals surface area contributed by atoms with E-state index in [-0.39, 0.29) is 6.61 Å². The molecule has 0 spiro atoms. The Kier molecular flexibility index (Phi) is 5.12. The van der Waals surface area contributed by atoms with Crippen LogP contribution in [0.15, 0.2) is 36.4 Å². The maximum Gasteiger partial charge on any atom is 0.127 e. The Hall–Kier alpha value is -1.42. The normalized spacial score (nSPS) is 10.4. The first kappa shape index (κ1) is 15.0. The van der Waals surface area contributed by atoms with Crippen LogP contribution in [0.5, 0.6) is 11.5 Å². The third-order valence-electron chi connectivity index (χ3n) is 2.93. The van der Waals surface area contributed by atoms with Gasteiger partial charge in [-0.1, -0.05) is 35.3 Å². The average molecular weight is 312 g/mol. The summed E-state index contributed by atoms with van der Waals surface area (Å²) >= 11 is 12.2. The lowest BCUT2D eigenvalue weighted by Crippen LogP contribution is -2.04. The molecule has 0 aliphatic rings. The van der Waals surface area contributed by atoms with E-state index >= 15 is 0 Å². The number of halogens is 2. The maximum absolute atomic E-state index is 6.11. The number of hydrogen-bond acceptors (Lipinski definition) is 3. The third kappa shape index (κ3) is 3.37. The van der Waals surface area contributed by atoms with Crippen LogP contribution in [0, 0.1) is 0 Å². The van der Waals surface area contributed by atoms with Crippen molar-refractivity contribution >= 4 is 23.2 Å². The molecule has 0 unspecified atom stereocenters. The van der Waals surface area contributed by atoms with Crippen molar-refractivity contribution in [1.82, 2.24) is 0 Å². The topological polar surface area (TPSA) is 44.5 Å². The molecule has 0 bridgehead atoms. The van der Waals surface area contributed by atoms with Gasteiger partial charge in [0, 0.05) is 33.8 Å². The van der Waals surface area contributed by atoms with Crippen LogP contribution in [0.3, 0.4) is 0 Å². The van der Waals surface area contributed by atoms with Gasteiger partial charge in [-0.3, -0.25) is 0 Å². The van der Waals surface area contributed by atoms with E-state index in [1.165, 1.54) is 0 Å². The van der Waals surface area contributed by atoms with Crippen molar-refractivity contribution in [3.63, 3.8) is 0 Å². The fourth-order valence-electron chi connectivity index (χ4n) is 1.78. The van der Waals surface area contributed by atoms with Gasteiger partial charge in [-0.15, -0.1) is 0 Å². The lowest BCUT2D eigenvalue weighted by molar-refractivity contribution is 0.300. The summed E-state index contributed by atoms with van der Waals surface area (Å²) in [5, 5.41) is 1.16. The standard InChI is InChI=1S/C15H15Cl2NO2/c1-19-11-6-5-10(8-18)15(7-11)20-9-12-13(16)3-2-4-14(12)17/h2-7H,8-9,18H2,1H3. The van der Waals surface area contributed by atoms with Gasteiger partial charge in [0.1, 0.15) is 18.1 Å². The highest BCUT2D eigenvalue weighted by molar-refractivity contribution is 6.35. The Balaban J connectivity index is 2.22. The number of nitrogens with two attached hydrogens (primary N) is 1. The Labute approximate surface area is 128 Å². The van der Waals surface area contributed by atoms with E-state index in [0.29, 0.717) is 28.1 Å². The summed E-state index contributed by atoms with van der Waals surface area (Å²) < 4.78 is 11.0. The Morgan fingerprint density at radius 1 is 1.10 bits per heavy atom. The summed E-state index contributed by atoms with van der Waals surface area (Å²) in [5.41, 5.74) is 7.35. The van der Waals surface area contributed by atoms with Crippen LogP contribution in [0.4, 0.5) is 0 Å². The SMILES string of the molecule is COc1ccc(CN)c(OCc2c(Cl)cccc2Cl)c1. The summed E-state index contributed by atoms with van der Waals surface area (Å²) in [6.07, 6.45) is 0. The van der Waals surface area contributed by atoms with Gasteiger partial charge in [-0.2, -0.15) is 0 Å². The second-order valence-corrected chi connectivity index (χ2v) is 4.98. The Morgan fingerprint density at radius 3 is 2.40 bits per heavy atom. The molecule has 0 atom stereocenters. The van der Waals surface area contributed by atoms with Gasteiger partial charge in [0.15, 0.2) is 0 Å². The van der Waals surface area contributed by atoms with Crippen LogP contribution >= 0.6 is 23.2 Å². The first-order valence-corrected chi connectivity index (χ1v) is 6.84. The lowest BCUT2D eigenvalue weighted by Gasteiger charge is -2.13. The van der Waals surface area contributed by atoms with E-state index in [1.807, 2.05) is 12.1 Å². The van der Waals surface area contributed by atoms with Crippen molar-refractivity contribution in [2.75, 3.05) is 7.11 Å². The second kappa shape index (κ2) is 6.84. The first-order chi connectivity index (χ1) is 9.65. The smallest absolute Gasteiger partial charge is 0.127 e. The minimum atomic E-state index is 0.276. The van der Waals surface area contributed by atoms with Crippen LogP contribution in [0.1, 0.15) is 11.1 Å². The quantitative estimate of drug-likeness (QED) is 0.906. The van der Waals surface area contributed by atoms with Gasteiger partial charge in [0.05, 0.1) is 7.11 Å². The van der Waals surface area contributed by atoms with E-state index in [9.17, 15) is 0 Å². The lowest BCUT2D eigenvalue weighted by atomic mass is 10.2. The number of methoxy groups -OCH3 is 1. The minimum Gasteiger partial charge on any atom is -0.497 e. The van der Waals surface area contributed by atoms with Crippen LogP contribution in [0.2, 0.25) is 10.0 Å². The zero-order valence-electron chi connectivity index (χ0n) is 11.0. The fourth-order valence-corrected chi connectivity index (χ4v) is 2.29. The zero-order chi connectivity index (χ0) is 14.5. The van der Waals surface area contributed by atoms with Crippen molar-refractivity contribution in [1.29, 1.82) is 0 Å². The molecule has 0 amide bonds. The van der Waals surface area contributed by atoms with Crippen molar-refractivity contribution < 1.29 is 9.47 Å². The molecule has 2 aromatic rings. The number of rotatable bonds is 5. The van der Waals surface area contributed by atoms with Gasteiger partial charge in [0.25, 0.3) is 0 Å². The molecule has 5 heteroatoms. The molecule has 0 saturated heterocycles. The fraction of sp³-hybridized carbons (Fsp3) is 0.200. The van der Waals surface area contributed by atoms with Gasteiger partial charge >= 0.3 is 0 Å². The molecule has 3 nitrogen and oxygen atoms in total. The molecule has 0 aliphatic heterocycles. The molecular formula is C15H15Cl2NO2. The van der Waals surface area contributed by atoms with E-state index in [0.717, 1.165) is 11.1 Å². The molecular weight excluding hydrogens is 297 g/mol. The highest BCUT2D eigenvalue weighted by Crippen LogP contribution is 2.29.